The van der Waals surface area contributed by atoms with Crippen LogP contribution in [-0.4, -0.2) is 28.9 Å². The fourth-order valence-corrected chi connectivity index (χ4v) is 1.44. The van der Waals surface area contributed by atoms with E-state index in [-0.39, 0.29) is 11.8 Å². The van der Waals surface area contributed by atoms with Crippen molar-refractivity contribution in [1.29, 1.82) is 0 Å². The Labute approximate surface area is 90.3 Å². The number of carbonyl (C=O) groups is 1. The highest BCUT2D eigenvalue weighted by Gasteiger charge is 2.18. The highest BCUT2D eigenvalue weighted by Crippen LogP contribution is 2.07. The van der Waals surface area contributed by atoms with Crippen molar-refractivity contribution in [2.45, 2.75) is 33.6 Å². The van der Waals surface area contributed by atoms with Gasteiger partial charge in [-0.05, 0) is 19.8 Å². The number of aryl methyl sites for hydroxylation is 1. The summed E-state index contributed by atoms with van der Waals surface area (Å²) < 4.78 is 5.22. The Bertz CT molecular complexity index is 314. The molecule has 1 heterocycles. The average molecular weight is 210 g/mol. The molecule has 0 saturated carbocycles. The number of oxazole rings is 1. The van der Waals surface area contributed by atoms with Gasteiger partial charge in [-0.25, -0.2) is 4.98 Å². The lowest BCUT2D eigenvalue weighted by molar-refractivity contribution is 0.0714. The molecule has 1 aromatic heterocycles. The molecule has 0 fully saturated rings. The number of rotatable bonds is 5. The van der Waals surface area contributed by atoms with E-state index in [0.717, 1.165) is 25.9 Å². The summed E-state index contributed by atoms with van der Waals surface area (Å²) in [5.41, 5.74) is 0. The van der Waals surface area contributed by atoms with Crippen LogP contribution in [0.5, 0.6) is 0 Å². The Morgan fingerprint density at radius 3 is 2.40 bits per heavy atom. The first kappa shape index (κ1) is 11.8. The van der Waals surface area contributed by atoms with Gasteiger partial charge in [-0.15, -0.1) is 0 Å². The van der Waals surface area contributed by atoms with Crippen LogP contribution in [0.15, 0.2) is 10.6 Å². The molecule has 0 aliphatic heterocycles. The zero-order valence-corrected chi connectivity index (χ0v) is 9.62. The van der Waals surface area contributed by atoms with E-state index < -0.39 is 0 Å². The summed E-state index contributed by atoms with van der Waals surface area (Å²) in [6.07, 6.45) is 3.47. The number of hydrogen-bond acceptors (Lipinski definition) is 3. The van der Waals surface area contributed by atoms with E-state index in [1.165, 1.54) is 0 Å². The maximum absolute atomic E-state index is 11.9. The fourth-order valence-electron chi connectivity index (χ4n) is 1.44. The standard InChI is InChI=1S/C11H18N2O2/c1-4-6-13(7-5-2)11(14)10-12-8-9(3)15-10/h8H,4-7H2,1-3H3. The van der Waals surface area contributed by atoms with Crippen LogP contribution in [0.2, 0.25) is 0 Å². The molecule has 0 bridgehead atoms. The predicted octanol–water partition coefficient (Wildman–Crippen LogP) is 2.25. The molecule has 0 saturated heterocycles. The van der Waals surface area contributed by atoms with E-state index in [2.05, 4.69) is 18.8 Å². The summed E-state index contributed by atoms with van der Waals surface area (Å²) in [6.45, 7) is 7.41. The zero-order valence-electron chi connectivity index (χ0n) is 9.62. The maximum atomic E-state index is 11.9. The first-order valence-corrected chi connectivity index (χ1v) is 5.40. The summed E-state index contributed by atoms with van der Waals surface area (Å²) in [6, 6.07) is 0. The van der Waals surface area contributed by atoms with E-state index in [0.29, 0.717) is 5.76 Å². The lowest BCUT2D eigenvalue weighted by Crippen LogP contribution is -2.32. The summed E-state index contributed by atoms with van der Waals surface area (Å²) in [5.74, 6) is 0.771. The van der Waals surface area contributed by atoms with Crippen LogP contribution in [0.1, 0.15) is 43.1 Å². The van der Waals surface area contributed by atoms with E-state index in [1.807, 2.05) is 0 Å². The molecule has 84 valence electrons. The summed E-state index contributed by atoms with van der Waals surface area (Å²) in [5, 5.41) is 0. The Hall–Kier alpha value is -1.32. The number of nitrogens with zero attached hydrogens (tertiary/aromatic N) is 2. The molecule has 0 aliphatic rings. The van der Waals surface area contributed by atoms with Crippen molar-refractivity contribution in [1.82, 2.24) is 9.88 Å². The first-order chi connectivity index (χ1) is 7.19. The molecule has 0 spiro atoms. The van der Waals surface area contributed by atoms with Crippen LogP contribution < -0.4 is 0 Å². The number of hydrogen-bond donors (Lipinski definition) is 0. The smallest absolute Gasteiger partial charge is 0.309 e. The molecule has 1 rings (SSSR count). The molecule has 0 atom stereocenters. The van der Waals surface area contributed by atoms with Crippen LogP contribution in [-0.2, 0) is 0 Å². The molecule has 1 amide bonds. The third kappa shape index (κ3) is 3.08. The third-order valence-electron chi connectivity index (χ3n) is 2.08. The molecule has 15 heavy (non-hydrogen) atoms. The maximum Gasteiger partial charge on any atom is 0.309 e. The van der Waals surface area contributed by atoms with Gasteiger partial charge in [0.05, 0.1) is 6.20 Å². The van der Waals surface area contributed by atoms with Crippen LogP contribution in [0.4, 0.5) is 0 Å². The Kier molecular flexibility index (Phi) is 4.34. The van der Waals surface area contributed by atoms with Crippen molar-refractivity contribution >= 4 is 5.91 Å². The van der Waals surface area contributed by atoms with Gasteiger partial charge >= 0.3 is 5.91 Å². The van der Waals surface area contributed by atoms with Gasteiger partial charge in [0.25, 0.3) is 5.89 Å². The van der Waals surface area contributed by atoms with Gasteiger partial charge in [0.2, 0.25) is 0 Å². The molecule has 1 aromatic rings. The zero-order chi connectivity index (χ0) is 11.3. The number of amides is 1. The second-order valence-corrected chi connectivity index (χ2v) is 3.57. The second kappa shape index (κ2) is 5.53. The molecular weight excluding hydrogens is 192 g/mol. The van der Waals surface area contributed by atoms with Gasteiger partial charge in [-0.1, -0.05) is 13.8 Å². The minimum atomic E-state index is -0.105. The highest BCUT2D eigenvalue weighted by molar-refractivity contribution is 5.89. The van der Waals surface area contributed by atoms with E-state index in [1.54, 1.807) is 18.0 Å². The fraction of sp³-hybridized carbons (Fsp3) is 0.636. The molecule has 4 heteroatoms. The van der Waals surface area contributed by atoms with Crippen molar-refractivity contribution in [3.63, 3.8) is 0 Å². The third-order valence-corrected chi connectivity index (χ3v) is 2.08. The number of aromatic nitrogens is 1. The Morgan fingerprint density at radius 2 is 2.00 bits per heavy atom. The van der Waals surface area contributed by atoms with Crippen molar-refractivity contribution in [2.75, 3.05) is 13.1 Å². The van der Waals surface area contributed by atoms with E-state index in [9.17, 15) is 4.79 Å². The first-order valence-electron chi connectivity index (χ1n) is 5.40. The van der Waals surface area contributed by atoms with Crippen molar-refractivity contribution in [3.05, 3.63) is 17.8 Å². The molecule has 0 radical (unpaired) electrons. The minimum absolute atomic E-state index is 0.105. The molecule has 0 unspecified atom stereocenters. The average Bonchev–Trinajstić information content (AvgIpc) is 2.63. The van der Waals surface area contributed by atoms with E-state index in [4.69, 9.17) is 4.42 Å². The van der Waals surface area contributed by atoms with Gasteiger partial charge in [-0.2, -0.15) is 0 Å². The van der Waals surface area contributed by atoms with Gasteiger partial charge < -0.3 is 9.32 Å². The Morgan fingerprint density at radius 1 is 1.40 bits per heavy atom. The number of carbonyl (C=O) groups excluding carboxylic acids is 1. The minimum Gasteiger partial charge on any atom is -0.438 e. The lowest BCUT2D eigenvalue weighted by atomic mass is 10.3. The van der Waals surface area contributed by atoms with Gasteiger partial charge in [0.1, 0.15) is 5.76 Å². The summed E-state index contributed by atoms with van der Waals surface area (Å²) in [7, 11) is 0. The molecule has 4 nitrogen and oxygen atoms in total. The second-order valence-electron chi connectivity index (χ2n) is 3.57. The van der Waals surface area contributed by atoms with Crippen molar-refractivity contribution < 1.29 is 9.21 Å². The van der Waals surface area contributed by atoms with Crippen LogP contribution in [0, 0.1) is 6.92 Å². The normalized spacial score (nSPS) is 10.3. The van der Waals surface area contributed by atoms with Gasteiger partial charge in [-0.3, -0.25) is 4.79 Å². The topological polar surface area (TPSA) is 46.3 Å². The predicted molar refractivity (Wildman–Crippen MR) is 57.7 cm³/mol. The van der Waals surface area contributed by atoms with Crippen LogP contribution in [0.25, 0.3) is 0 Å². The largest absolute Gasteiger partial charge is 0.438 e. The van der Waals surface area contributed by atoms with Gasteiger partial charge in [0, 0.05) is 13.1 Å². The highest BCUT2D eigenvalue weighted by atomic mass is 16.4. The summed E-state index contributed by atoms with van der Waals surface area (Å²) in [4.78, 5) is 17.6. The van der Waals surface area contributed by atoms with Crippen molar-refractivity contribution in [3.8, 4) is 0 Å². The summed E-state index contributed by atoms with van der Waals surface area (Å²) >= 11 is 0. The molecule has 0 aromatic carbocycles. The lowest BCUT2D eigenvalue weighted by Gasteiger charge is -2.19. The molecule has 0 aliphatic carbocycles. The molecular formula is C11H18N2O2. The van der Waals surface area contributed by atoms with Crippen LogP contribution in [0.3, 0.4) is 0 Å². The molecule has 0 N–H and O–H groups in total. The quantitative estimate of drug-likeness (QED) is 0.748. The van der Waals surface area contributed by atoms with Crippen molar-refractivity contribution in [2.24, 2.45) is 0 Å². The van der Waals surface area contributed by atoms with Gasteiger partial charge in [0.15, 0.2) is 0 Å². The SMILES string of the molecule is CCCN(CCC)C(=O)c1ncc(C)o1. The monoisotopic (exact) mass is 210 g/mol. The Balaban J connectivity index is 2.71. The van der Waals surface area contributed by atoms with E-state index >= 15 is 0 Å². The van der Waals surface area contributed by atoms with Crippen LogP contribution >= 0.6 is 0 Å².